The number of carbonyl (C=O) groups is 2. The molecule has 0 aliphatic carbocycles. The van der Waals surface area contributed by atoms with Gasteiger partial charge in [-0.05, 0) is 47.4 Å². The van der Waals surface area contributed by atoms with Gasteiger partial charge in [0.05, 0.1) is 11.9 Å². The summed E-state index contributed by atoms with van der Waals surface area (Å²) >= 11 is 6.63. The van der Waals surface area contributed by atoms with Gasteiger partial charge in [-0.1, -0.05) is 53.2 Å². The number of nitrogens with zero attached hydrogens (tertiary/aromatic N) is 4. The maximum Gasteiger partial charge on any atom is 0.304 e. The molecule has 0 amide bonds. The first-order valence-corrected chi connectivity index (χ1v) is 12.5. The number of ether oxygens (including phenoxy) is 1. The smallest absolute Gasteiger partial charge is 0.304 e. The third kappa shape index (κ3) is 5.95. The van der Waals surface area contributed by atoms with Gasteiger partial charge in [0.15, 0.2) is 0 Å². The number of aromatic nitrogens is 3. The molecule has 4 aromatic rings. The van der Waals surface area contributed by atoms with Crippen molar-refractivity contribution in [2.75, 3.05) is 13.2 Å². The van der Waals surface area contributed by atoms with Gasteiger partial charge in [-0.2, -0.15) is 0 Å². The van der Waals surface area contributed by atoms with Gasteiger partial charge in [0.2, 0.25) is 0 Å². The Bertz CT molecular complexity index is 1450. The van der Waals surface area contributed by atoms with E-state index < -0.39 is 5.97 Å². The van der Waals surface area contributed by atoms with Gasteiger partial charge in [-0.3, -0.25) is 14.5 Å². The number of aliphatic carboxylic acids is 1. The summed E-state index contributed by atoms with van der Waals surface area (Å²) in [5.41, 5.74) is 6.62. The van der Waals surface area contributed by atoms with E-state index in [2.05, 4.69) is 21.3 Å². The van der Waals surface area contributed by atoms with Crippen molar-refractivity contribution in [1.82, 2.24) is 19.9 Å². The number of rotatable bonds is 6. The lowest BCUT2D eigenvalue weighted by Crippen LogP contribution is -2.25. The second-order valence-corrected chi connectivity index (χ2v) is 9.54. The van der Waals surface area contributed by atoms with Crippen molar-refractivity contribution in [3.05, 3.63) is 87.4 Å². The van der Waals surface area contributed by atoms with Crippen molar-refractivity contribution in [2.24, 2.45) is 7.05 Å². The molecular weight excluding hydrogens is 508 g/mol. The Hall–Kier alpha value is -3.95. The highest BCUT2D eigenvalue weighted by Crippen LogP contribution is 2.35. The predicted molar refractivity (Wildman–Crippen MR) is 144 cm³/mol. The molecule has 1 aliphatic rings. The molecule has 2 heterocycles. The quantitative estimate of drug-likeness (QED) is 0.342. The van der Waals surface area contributed by atoms with Gasteiger partial charge in [-0.15, -0.1) is 5.10 Å². The summed E-state index contributed by atoms with van der Waals surface area (Å²) in [6, 6.07) is 17.9. The minimum absolute atomic E-state index is 0.0292. The largest absolute Gasteiger partial charge is 0.492 e. The number of carboxylic acid groups (broad SMARTS) is 2. The number of hydrogen-bond donors (Lipinski definition) is 2. The number of carboxylic acids is 1. The Morgan fingerprint density at radius 3 is 2.74 bits per heavy atom. The number of fused-ring (bicyclic) bond motifs is 2. The third-order valence-electron chi connectivity index (χ3n) is 6.73. The van der Waals surface area contributed by atoms with Crippen LogP contribution < -0.4 is 4.74 Å². The zero-order valence-electron chi connectivity index (χ0n) is 21.2. The average Bonchev–Trinajstić information content (AvgIpc) is 3.14. The zero-order valence-corrected chi connectivity index (χ0v) is 21.9. The molecule has 0 spiro atoms. The van der Waals surface area contributed by atoms with Crippen LogP contribution in [0.3, 0.4) is 0 Å². The standard InChI is InChI=1S/C27H27ClN4O3.CH2O2/c1-17-21(8-10-24-27(17)29-30-31(24)2)22(14-26(33)34)18-7-9-23(28)20(13-18)16-32-11-12-35-25-6-4-3-5-19(25)15-32;2-1-3/h3-10,13,22H,11-12,14-16H2,1-2H3,(H,33,34);1H,(H,2,3). The molecule has 0 bridgehead atoms. The van der Waals surface area contributed by atoms with Gasteiger partial charge in [0, 0.05) is 43.2 Å². The summed E-state index contributed by atoms with van der Waals surface area (Å²) in [6.07, 6.45) is -0.0292. The van der Waals surface area contributed by atoms with Crippen molar-refractivity contribution < 1.29 is 24.5 Å². The summed E-state index contributed by atoms with van der Waals surface area (Å²) in [7, 11) is 1.85. The van der Waals surface area contributed by atoms with E-state index in [1.54, 1.807) is 4.68 Å². The molecule has 0 saturated carbocycles. The fraction of sp³-hybridized carbons (Fsp3) is 0.286. The van der Waals surface area contributed by atoms with E-state index in [1.165, 1.54) is 0 Å². The van der Waals surface area contributed by atoms with Crippen LogP contribution in [0.15, 0.2) is 54.6 Å². The highest BCUT2D eigenvalue weighted by atomic mass is 35.5. The molecule has 2 N–H and O–H groups in total. The molecule has 1 atom stereocenters. The van der Waals surface area contributed by atoms with E-state index in [0.29, 0.717) is 18.2 Å². The van der Waals surface area contributed by atoms with Gasteiger partial charge in [0.25, 0.3) is 6.47 Å². The molecule has 1 aliphatic heterocycles. The lowest BCUT2D eigenvalue weighted by atomic mass is 9.85. The molecule has 1 aromatic heterocycles. The van der Waals surface area contributed by atoms with Gasteiger partial charge >= 0.3 is 5.97 Å². The Kier molecular flexibility index (Phi) is 8.60. The summed E-state index contributed by atoms with van der Waals surface area (Å²) < 4.78 is 7.63. The molecule has 10 heteroatoms. The van der Waals surface area contributed by atoms with Crippen LogP contribution >= 0.6 is 11.6 Å². The van der Waals surface area contributed by atoms with E-state index in [9.17, 15) is 9.90 Å². The topological polar surface area (TPSA) is 118 Å². The van der Waals surface area contributed by atoms with Gasteiger partial charge < -0.3 is 14.9 Å². The fourth-order valence-electron chi connectivity index (χ4n) is 4.90. The first-order chi connectivity index (χ1) is 18.3. The molecule has 5 rings (SSSR count). The Morgan fingerprint density at radius 1 is 1.21 bits per heavy atom. The minimum Gasteiger partial charge on any atom is -0.492 e. The molecule has 9 nitrogen and oxygen atoms in total. The van der Waals surface area contributed by atoms with E-state index in [4.69, 9.17) is 26.2 Å². The molecule has 198 valence electrons. The Labute approximate surface area is 225 Å². The van der Waals surface area contributed by atoms with Crippen LogP contribution in [0.2, 0.25) is 5.02 Å². The molecule has 0 saturated heterocycles. The van der Waals surface area contributed by atoms with Crippen molar-refractivity contribution in [1.29, 1.82) is 0 Å². The van der Waals surface area contributed by atoms with Gasteiger partial charge in [0.1, 0.15) is 17.9 Å². The number of halogens is 1. The highest BCUT2D eigenvalue weighted by molar-refractivity contribution is 6.31. The first-order valence-electron chi connectivity index (χ1n) is 12.1. The lowest BCUT2D eigenvalue weighted by molar-refractivity contribution is -0.137. The minimum atomic E-state index is -0.855. The fourth-order valence-corrected chi connectivity index (χ4v) is 5.07. The maximum atomic E-state index is 11.9. The lowest BCUT2D eigenvalue weighted by Gasteiger charge is -2.23. The molecule has 1 unspecified atom stereocenters. The molecule has 38 heavy (non-hydrogen) atoms. The molecule has 0 fully saturated rings. The predicted octanol–water partition coefficient (Wildman–Crippen LogP) is 4.63. The monoisotopic (exact) mass is 536 g/mol. The Morgan fingerprint density at radius 2 is 1.97 bits per heavy atom. The Balaban J connectivity index is 0.00000107. The van der Waals surface area contributed by atoms with Crippen molar-refractivity contribution >= 4 is 35.1 Å². The van der Waals surface area contributed by atoms with E-state index >= 15 is 0 Å². The van der Waals surface area contributed by atoms with Crippen LogP contribution in [0.5, 0.6) is 5.75 Å². The molecular formula is C28H29ClN4O5. The van der Waals surface area contributed by atoms with Crippen LogP contribution in [-0.4, -0.2) is 55.7 Å². The van der Waals surface area contributed by atoms with Crippen LogP contribution in [0.4, 0.5) is 0 Å². The maximum absolute atomic E-state index is 11.9. The number of para-hydroxylation sites is 1. The van der Waals surface area contributed by atoms with Crippen LogP contribution in [0.25, 0.3) is 11.0 Å². The van der Waals surface area contributed by atoms with E-state index in [1.807, 2.05) is 62.5 Å². The van der Waals surface area contributed by atoms with E-state index in [0.717, 1.165) is 57.7 Å². The van der Waals surface area contributed by atoms with Crippen LogP contribution in [0.1, 0.15) is 40.2 Å². The summed E-state index contributed by atoms with van der Waals surface area (Å²) in [6.45, 7) is 4.51. The SMILES string of the molecule is Cc1c(C(CC(=O)O)c2ccc(Cl)c(CN3CCOc4ccccc4C3)c2)ccc2c1nnn2C.O=CO. The van der Waals surface area contributed by atoms with E-state index in [-0.39, 0.29) is 18.8 Å². The van der Waals surface area contributed by atoms with Gasteiger partial charge in [-0.25, -0.2) is 4.68 Å². The number of benzene rings is 3. The second kappa shape index (κ2) is 12.1. The first kappa shape index (κ1) is 27.1. The van der Waals surface area contributed by atoms with Crippen molar-refractivity contribution in [2.45, 2.75) is 32.4 Å². The van der Waals surface area contributed by atoms with Crippen LogP contribution in [-0.2, 0) is 29.7 Å². The third-order valence-corrected chi connectivity index (χ3v) is 7.10. The van der Waals surface area contributed by atoms with Crippen molar-refractivity contribution in [3.8, 4) is 5.75 Å². The summed E-state index contributed by atoms with van der Waals surface area (Å²) in [5, 5.41) is 25.7. The number of aryl methyl sites for hydroxylation is 2. The van der Waals surface area contributed by atoms with Crippen LogP contribution in [0, 0.1) is 6.92 Å². The molecule has 3 aromatic carbocycles. The summed E-state index contributed by atoms with van der Waals surface area (Å²) in [5.74, 6) is -0.263. The molecule has 0 radical (unpaired) electrons. The second-order valence-electron chi connectivity index (χ2n) is 9.13. The zero-order chi connectivity index (χ0) is 27.2. The summed E-state index contributed by atoms with van der Waals surface area (Å²) in [4.78, 5) is 22.5. The average molecular weight is 537 g/mol. The normalized spacial score (nSPS) is 14.0. The number of hydrogen-bond acceptors (Lipinski definition) is 6. The highest BCUT2D eigenvalue weighted by Gasteiger charge is 2.24. The van der Waals surface area contributed by atoms with Crippen molar-refractivity contribution in [3.63, 3.8) is 0 Å².